The molecule has 2 bridgehead atoms. The fraction of sp³-hybridized carbons (Fsp3) is 0.533. The van der Waals surface area contributed by atoms with Gasteiger partial charge in [-0.2, -0.15) is 5.10 Å². The van der Waals surface area contributed by atoms with Gasteiger partial charge in [0.1, 0.15) is 0 Å². The molecular weight excluding hydrogens is 252 g/mol. The van der Waals surface area contributed by atoms with Crippen LogP contribution in [0.1, 0.15) is 42.5 Å². The second-order valence-corrected chi connectivity index (χ2v) is 5.97. The minimum absolute atomic E-state index is 0.126. The molecule has 5 nitrogen and oxygen atoms in total. The molecule has 0 aliphatic carbocycles. The van der Waals surface area contributed by atoms with Crippen LogP contribution in [0.25, 0.3) is 5.65 Å². The molecule has 0 saturated carbocycles. The van der Waals surface area contributed by atoms with Crippen molar-refractivity contribution >= 4 is 11.4 Å². The summed E-state index contributed by atoms with van der Waals surface area (Å²) in [6.07, 6.45) is 10.8. The molecule has 2 unspecified atom stereocenters. The van der Waals surface area contributed by atoms with Crippen molar-refractivity contribution in [2.45, 2.75) is 44.2 Å². The molecule has 4 heterocycles. The molecule has 2 aliphatic heterocycles. The summed E-state index contributed by atoms with van der Waals surface area (Å²) in [4.78, 5) is 17.1. The topological polar surface area (TPSA) is 59.3 Å². The monoisotopic (exact) mass is 270 g/mol. The van der Waals surface area contributed by atoms with Crippen LogP contribution >= 0.6 is 0 Å². The predicted molar refractivity (Wildman–Crippen MR) is 74.6 cm³/mol. The Morgan fingerprint density at radius 2 is 2.10 bits per heavy atom. The van der Waals surface area contributed by atoms with Gasteiger partial charge in [0.25, 0.3) is 0 Å². The Morgan fingerprint density at radius 3 is 2.90 bits per heavy atom. The molecule has 2 fully saturated rings. The van der Waals surface area contributed by atoms with E-state index < -0.39 is 0 Å². The smallest absolute Gasteiger partial charge is 0.171 e. The SMILES string of the molecule is O=C(c1cnn2cccnc12)C1CC2CCCC(C1)N2. The third-order valence-corrected chi connectivity index (χ3v) is 4.63. The fourth-order valence-electron chi connectivity index (χ4n) is 3.70. The van der Waals surface area contributed by atoms with Crippen molar-refractivity contribution < 1.29 is 4.79 Å². The number of fused-ring (bicyclic) bond motifs is 3. The molecule has 1 N–H and O–H groups in total. The van der Waals surface area contributed by atoms with E-state index in [0.29, 0.717) is 23.3 Å². The highest BCUT2D eigenvalue weighted by molar-refractivity contribution is 6.02. The summed E-state index contributed by atoms with van der Waals surface area (Å²) in [5.41, 5.74) is 1.36. The summed E-state index contributed by atoms with van der Waals surface area (Å²) in [5, 5.41) is 7.86. The molecule has 2 aromatic rings. The van der Waals surface area contributed by atoms with Crippen LogP contribution in [-0.2, 0) is 0 Å². The minimum Gasteiger partial charge on any atom is -0.311 e. The molecule has 0 aromatic carbocycles. The van der Waals surface area contributed by atoms with E-state index in [2.05, 4.69) is 15.4 Å². The molecule has 0 amide bonds. The summed E-state index contributed by atoms with van der Waals surface area (Å²) in [7, 11) is 0. The summed E-state index contributed by atoms with van der Waals surface area (Å²) in [6, 6.07) is 2.86. The molecular formula is C15H18N4O. The van der Waals surface area contributed by atoms with Gasteiger partial charge in [-0.05, 0) is 31.7 Å². The number of piperidine rings is 2. The van der Waals surface area contributed by atoms with Crippen LogP contribution in [0, 0.1) is 5.92 Å². The minimum atomic E-state index is 0.126. The first-order chi connectivity index (χ1) is 9.81. The van der Waals surface area contributed by atoms with Crippen molar-refractivity contribution in [3.63, 3.8) is 0 Å². The van der Waals surface area contributed by atoms with Crippen LogP contribution < -0.4 is 5.32 Å². The van der Waals surface area contributed by atoms with Gasteiger partial charge in [-0.15, -0.1) is 0 Å². The highest BCUT2D eigenvalue weighted by Crippen LogP contribution is 2.32. The van der Waals surface area contributed by atoms with Crippen molar-refractivity contribution in [3.05, 3.63) is 30.2 Å². The molecule has 2 aliphatic rings. The zero-order valence-electron chi connectivity index (χ0n) is 11.3. The largest absolute Gasteiger partial charge is 0.311 e. The average molecular weight is 270 g/mol. The first kappa shape index (κ1) is 12.0. The number of carbonyl (C=O) groups excluding carboxylic acids is 1. The van der Waals surface area contributed by atoms with Gasteiger partial charge in [0.05, 0.1) is 11.8 Å². The molecule has 4 rings (SSSR count). The number of carbonyl (C=O) groups is 1. The van der Waals surface area contributed by atoms with E-state index in [-0.39, 0.29) is 11.7 Å². The average Bonchev–Trinajstić information content (AvgIpc) is 2.90. The Morgan fingerprint density at radius 1 is 1.30 bits per heavy atom. The molecule has 0 spiro atoms. The van der Waals surface area contributed by atoms with Crippen LogP contribution in [0.3, 0.4) is 0 Å². The molecule has 2 aromatic heterocycles. The lowest BCUT2D eigenvalue weighted by molar-refractivity contribution is 0.0826. The van der Waals surface area contributed by atoms with Gasteiger partial charge in [0.2, 0.25) is 0 Å². The summed E-state index contributed by atoms with van der Waals surface area (Å²) in [6.45, 7) is 0. The molecule has 5 heteroatoms. The van der Waals surface area contributed by atoms with Crippen LogP contribution in [0.4, 0.5) is 0 Å². The standard InChI is InChI=1S/C15H18N4O/c20-14(10-7-11-3-1-4-12(8-10)18-11)13-9-17-19-6-2-5-16-15(13)19/h2,5-6,9-12,18H,1,3-4,7-8H2. The van der Waals surface area contributed by atoms with Crippen molar-refractivity contribution in [1.82, 2.24) is 19.9 Å². The number of Topliss-reactive ketones (excluding diaryl/α,β-unsaturated/α-hetero) is 1. The Bertz CT molecular complexity index is 638. The Labute approximate surface area is 117 Å². The van der Waals surface area contributed by atoms with Crippen molar-refractivity contribution in [2.75, 3.05) is 0 Å². The van der Waals surface area contributed by atoms with Crippen LogP contribution in [0.2, 0.25) is 0 Å². The highest BCUT2D eigenvalue weighted by Gasteiger charge is 2.35. The Balaban J connectivity index is 1.63. The third-order valence-electron chi connectivity index (χ3n) is 4.63. The predicted octanol–water partition coefficient (Wildman–Crippen LogP) is 1.83. The maximum Gasteiger partial charge on any atom is 0.171 e. The number of rotatable bonds is 2. The van der Waals surface area contributed by atoms with Crippen molar-refractivity contribution in [1.29, 1.82) is 0 Å². The maximum absolute atomic E-state index is 12.8. The number of ketones is 1. The summed E-state index contributed by atoms with van der Waals surface area (Å²) < 4.78 is 1.68. The first-order valence-corrected chi connectivity index (χ1v) is 7.40. The lowest BCUT2D eigenvalue weighted by Gasteiger charge is -2.39. The van der Waals surface area contributed by atoms with Gasteiger partial charge in [0, 0.05) is 30.4 Å². The van der Waals surface area contributed by atoms with Gasteiger partial charge in [0.15, 0.2) is 11.4 Å². The zero-order chi connectivity index (χ0) is 13.5. The van der Waals surface area contributed by atoms with Gasteiger partial charge < -0.3 is 5.32 Å². The summed E-state index contributed by atoms with van der Waals surface area (Å²) in [5.74, 6) is 0.346. The fourth-order valence-corrected chi connectivity index (χ4v) is 3.70. The molecule has 2 saturated heterocycles. The molecule has 2 atom stereocenters. The number of nitrogens with one attached hydrogen (secondary N) is 1. The second kappa shape index (κ2) is 4.66. The Hall–Kier alpha value is -1.75. The van der Waals surface area contributed by atoms with E-state index in [4.69, 9.17) is 0 Å². The molecule has 20 heavy (non-hydrogen) atoms. The van der Waals surface area contributed by atoms with Gasteiger partial charge in [-0.25, -0.2) is 9.50 Å². The Kier molecular flexibility index (Phi) is 2.80. The van der Waals surface area contributed by atoms with Gasteiger partial charge in [-0.3, -0.25) is 4.79 Å². The van der Waals surface area contributed by atoms with Crippen LogP contribution in [0.15, 0.2) is 24.7 Å². The quantitative estimate of drug-likeness (QED) is 0.846. The number of aromatic nitrogens is 3. The highest BCUT2D eigenvalue weighted by atomic mass is 16.1. The van der Waals surface area contributed by atoms with E-state index >= 15 is 0 Å². The van der Waals surface area contributed by atoms with Gasteiger partial charge in [-0.1, -0.05) is 6.42 Å². The first-order valence-electron chi connectivity index (χ1n) is 7.40. The summed E-state index contributed by atoms with van der Waals surface area (Å²) >= 11 is 0. The zero-order valence-corrected chi connectivity index (χ0v) is 11.3. The molecule has 104 valence electrons. The third kappa shape index (κ3) is 1.93. The lowest BCUT2D eigenvalue weighted by Crippen LogP contribution is -2.50. The number of hydrogen-bond acceptors (Lipinski definition) is 4. The van der Waals surface area contributed by atoms with E-state index in [0.717, 1.165) is 12.8 Å². The van der Waals surface area contributed by atoms with E-state index in [1.165, 1.54) is 19.3 Å². The van der Waals surface area contributed by atoms with Crippen LogP contribution in [-0.4, -0.2) is 32.5 Å². The van der Waals surface area contributed by atoms with Crippen LogP contribution in [0.5, 0.6) is 0 Å². The second-order valence-electron chi connectivity index (χ2n) is 5.97. The van der Waals surface area contributed by atoms with E-state index in [1.54, 1.807) is 16.9 Å². The van der Waals surface area contributed by atoms with Gasteiger partial charge >= 0.3 is 0 Å². The molecule has 0 radical (unpaired) electrons. The van der Waals surface area contributed by atoms with E-state index in [9.17, 15) is 4.79 Å². The normalized spacial score (nSPS) is 29.5. The lowest BCUT2D eigenvalue weighted by atomic mass is 9.77. The van der Waals surface area contributed by atoms with E-state index in [1.807, 2.05) is 12.3 Å². The van der Waals surface area contributed by atoms with Crippen molar-refractivity contribution in [2.24, 2.45) is 5.92 Å². The number of hydrogen-bond donors (Lipinski definition) is 1. The number of nitrogens with zero attached hydrogens (tertiary/aromatic N) is 3. The maximum atomic E-state index is 12.8. The van der Waals surface area contributed by atoms with Crippen molar-refractivity contribution in [3.8, 4) is 0 Å².